The summed E-state index contributed by atoms with van der Waals surface area (Å²) < 4.78 is 10.7. The Morgan fingerprint density at radius 3 is 2.61 bits per heavy atom. The van der Waals surface area contributed by atoms with Crippen LogP contribution in [0.2, 0.25) is 0 Å². The Kier molecular flexibility index (Phi) is 4.47. The van der Waals surface area contributed by atoms with Gasteiger partial charge >= 0.3 is 0 Å². The minimum absolute atomic E-state index is 0.470. The van der Waals surface area contributed by atoms with Crippen molar-refractivity contribution in [2.75, 3.05) is 38.2 Å². The number of ether oxygens (including phenoxy) is 1. The lowest BCUT2D eigenvalue weighted by atomic mass is 10.2. The van der Waals surface area contributed by atoms with E-state index in [1.807, 2.05) is 13.0 Å². The van der Waals surface area contributed by atoms with E-state index in [2.05, 4.69) is 38.8 Å². The summed E-state index contributed by atoms with van der Waals surface area (Å²) >= 11 is 0. The predicted octanol–water partition coefficient (Wildman–Crippen LogP) is 1.98. The van der Waals surface area contributed by atoms with Crippen LogP contribution in [0.1, 0.15) is 19.5 Å². The van der Waals surface area contributed by atoms with E-state index in [9.17, 15) is 0 Å². The van der Waals surface area contributed by atoms with Crippen molar-refractivity contribution in [1.82, 2.24) is 20.0 Å². The smallest absolute Gasteiger partial charge is 0.266 e. The highest BCUT2D eigenvalue weighted by molar-refractivity contribution is 5.56. The second-order valence-corrected chi connectivity index (χ2v) is 6.03. The molecule has 1 aliphatic rings. The molecule has 0 saturated carbocycles. The summed E-state index contributed by atoms with van der Waals surface area (Å²) in [4.78, 5) is 13.4. The molecular weight excluding hydrogens is 294 g/mol. The van der Waals surface area contributed by atoms with E-state index in [1.54, 1.807) is 13.3 Å². The van der Waals surface area contributed by atoms with E-state index in [-0.39, 0.29) is 0 Å². The van der Waals surface area contributed by atoms with Crippen molar-refractivity contribution in [2.24, 2.45) is 0 Å². The first-order valence-corrected chi connectivity index (χ1v) is 7.92. The molecule has 1 fully saturated rings. The van der Waals surface area contributed by atoms with Crippen molar-refractivity contribution < 1.29 is 9.26 Å². The van der Waals surface area contributed by atoms with Crippen LogP contribution in [0, 0.1) is 6.92 Å². The highest BCUT2D eigenvalue weighted by Crippen LogP contribution is 2.25. The average molecular weight is 317 g/mol. The Hall–Kier alpha value is -2.15. The fourth-order valence-electron chi connectivity index (χ4n) is 2.74. The van der Waals surface area contributed by atoms with Crippen molar-refractivity contribution in [3.8, 4) is 17.2 Å². The summed E-state index contributed by atoms with van der Waals surface area (Å²) in [6, 6.07) is 2.44. The summed E-state index contributed by atoms with van der Waals surface area (Å²) in [7, 11) is 1.63. The van der Waals surface area contributed by atoms with E-state index in [0.717, 1.165) is 37.4 Å². The number of hydrogen-bond acceptors (Lipinski definition) is 7. The second-order valence-electron chi connectivity index (χ2n) is 6.03. The Morgan fingerprint density at radius 1 is 1.22 bits per heavy atom. The number of rotatable bonds is 4. The molecule has 2 aromatic heterocycles. The standard InChI is InChI=1S/C16H23N5O2/c1-11(2)20-5-7-21(8-6-20)16-18-15(23-19-16)13-9-14(22-4)12(3)17-10-13/h9-11H,5-8H2,1-4H3. The number of piperazine rings is 1. The average Bonchev–Trinajstić information content (AvgIpc) is 3.05. The summed E-state index contributed by atoms with van der Waals surface area (Å²) in [6.07, 6.45) is 1.73. The minimum atomic E-state index is 0.470. The lowest BCUT2D eigenvalue weighted by molar-refractivity contribution is 0.208. The fourth-order valence-corrected chi connectivity index (χ4v) is 2.74. The van der Waals surface area contributed by atoms with Crippen molar-refractivity contribution in [1.29, 1.82) is 0 Å². The molecule has 124 valence electrons. The summed E-state index contributed by atoms with van der Waals surface area (Å²) in [6.45, 7) is 10.2. The minimum Gasteiger partial charge on any atom is -0.495 e. The maximum absolute atomic E-state index is 5.41. The monoisotopic (exact) mass is 317 g/mol. The zero-order valence-electron chi connectivity index (χ0n) is 14.1. The third kappa shape index (κ3) is 3.29. The first-order chi connectivity index (χ1) is 11.1. The molecule has 0 aromatic carbocycles. The van der Waals surface area contributed by atoms with Gasteiger partial charge in [-0.3, -0.25) is 9.88 Å². The van der Waals surface area contributed by atoms with Crippen LogP contribution in [-0.2, 0) is 0 Å². The quantitative estimate of drug-likeness (QED) is 0.854. The van der Waals surface area contributed by atoms with Crippen LogP contribution in [-0.4, -0.2) is 59.4 Å². The fraction of sp³-hybridized carbons (Fsp3) is 0.562. The Morgan fingerprint density at radius 2 is 1.96 bits per heavy atom. The molecule has 0 atom stereocenters. The van der Waals surface area contributed by atoms with Crippen LogP contribution >= 0.6 is 0 Å². The molecular formula is C16H23N5O2. The van der Waals surface area contributed by atoms with Crippen LogP contribution in [0.25, 0.3) is 11.5 Å². The number of nitrogens with zero attached hydrogens (tertiary/aromatic N) is 5. The highest BCUT2D eigenvalue weighted by atomic mass is 16.5. The number of aromatic nitrogens is 3. The number of methoxy groups -OCH3 is 1. The Balaban J connectivity index is 1.74. The van der Waals surface area contributed by atoms with Gasteiger partial charge in [-0.1, -0.05) is 0 Å². The number of aryl methyl sites for hydroxylation is 1. The molecule has 3 rings (SSSR count). The van der Waals surface area contributed by atoms with Gasteiger partial charge in [0, 0.05) is 38.4 Å². The Bertz CT molecular complexity index is 662. The van der Waals surface area contributed by atoms with Crippen molar-refractivity contribution in [2.45, 2.75) is 26.8 Å². The first kappa shape index (κ1) is 15.7. The van der Waals surface area contributed by atoms with Gasteiger partial charge in [0.2, 0.25) is 0 Å². The van der Waals surface area contributed by atoms with Crippen LogP contribution in [0.4, 0.5) is 5.95 Å². The molecule has 1 aliphatic heterocycles. The van der Waals surface area contributed by atoms with Crippen molar-refractivity contribution in [3.63, 3.8) is 0 Å². The third-order valence-electron chi connectivity index (χ3n) is 4.25. The Labute approximate surface area is 136 Å². The van der Waals surface area contributed by atoms with Crippen LogP contribution in [0.15, 0.2) is 16.8 Å². The molecule has 7 nitrogen and oxygen atoms in total. The van der Waals surface area contributed by atoms with E-state index in [1.165, 1.54) is 0 Å². The molecule has 23 heavy (non-hydrogen) atoms. The topological polar surface area (TPSA) is 67.5 Å². The first-order valence-electron chi connectivity index (χ1n) is 7.92. The third-order valence-corrected chi connectivity index (χ3v) is 4.25. The molecule has 1 saturated heterocycles. The van der Waals surface area contributed by atoms with Crippen molar-refractivity contribution >= 4 is 5.95 Å². The normalized spacial score (nSPS) is 16.1. The van der Waals surface area contributed by atoms with Crippen LogP contribution < -0.4 is 9.64 Å². The van der Waals surface area contributed by atoms with Gasteiger partial charge in [-0.25, -0.2) is 0 Å². The van der Waals surface area contributed by atoms with Gasteiger partial charge in [0.1, 0.15) is 5.75 Å². The lowest BCUT2D eigenvalue weighted by Gasteiger charge is -2.36. The van der Waals surface area contributed by atoms with Gasteiger partial charge in [0.05, 0.1) is 18.4 Å². The number of hydrogen-bond donors (Lipinski definition) is 0. The highest BCUT2D eigenvalue weighted by Gasteiger charge is 2.22. The maximum Gasteiger partial charge on any atom is 0.266 e. The molecule has 0 radical (unpaired) electrons. The van der Waals surface area contributed by atoms with Gasteiger partial charge in [0.25, 0.3) is 11.8 Å². The van der Waals surface area contributed by atoms with Crippen LogP contribution in [0.5, 0.6) is 5.75 Å². The molecule has 2 aromatic rings. The van der Waals surface area contributed by atoms with Crippen LogP contribution in [0.3, 0.4) is 0 Å². The van der Waals surface area contributed by atoms with E-state index in [0.29, 0.717) is 23.6 Å². The molecule has 0 aliphatic carbocycles. The van der Waals surface area contributed by atoms with E-state index in [4.69, 9.17) is 9.26 Å². The van der Waals surface area contributed by atoms with Gasteiger partial charge < -0.3 is 14.2 Å². The summed E-state index contributed by atoms with van der Waals surface area (Å²) in [5.74, 6) is 1.83. The molecule has 0 spiro atoms. The SMILES string of the molecule is COc1cc(-c2nc(N3CCN(C(C)C)CC3)no2)cnc1C. The second kappa shape index (κ2) is 6.54. The summed E-state index contributed by atoms with van der Waals surface area (Å²) in [5, 5.41) is 4.12. The van der Waals surface area contributed by atoms with Gasteiger partial charge in [0.15, 0.2) is 0 Å². The number of anilines is 1. The molecule has 0 bridgehead atoms. The van der Waals surface area contributed by atoms with Crippen molar-refractivity contribution in [3.05, 3.63) is 18.0 Å². The van der Waals surface area contributed by atoms with Gasteiger partial charge in [-0.2, -0.15) is 4.98 Å². The maximum atomic E-state index is 5.41. The molecule has 0 amide bonds. The summed E-state index contributed by atoms with van der Waals surface area (Å²) in [5.41, 5.74) is 1.60. The lowest BCUT2D eigenvalue weighted by Crippen LogP contribution is -2.49. The van der Waals surface area contributed by atoms with Gasteiger partial charge in [-0.05, 0) is 32.0 Å². The zero-order valence-corrected chi connectivity index (χ0v) is 14.1. The molecule has 7 heteroatoms. The largest absolute Gasteiger partial charge is 0.495 e. The van der Waals surface area contributed by atoms with E-state index >= 15 is 0 Å². The predicted molar refractivity (Wildman–Crippen MR) is 87.7 cm³/mol. The zero-order chi connectivity index (χ0) is 16.4. The molecule has 0 unspecified atom stereocenters. The van der Waals surface area contributed by atoms with Gasteiger partial charge in [-0.15, -0.1) is 0 Å². The molecule has 0 N–H and O–H groups in total. The molecule has 3 heterocycles. The van der Waals surface area contributed by atoms with E-state index < -0.39 is 0 Å². The number of pyridine rings is 1.